The van der Waals surface area contributed by atoms with E-state index in [1.807, 2.05) is 12.1 Å². The molecule has 110 valence electrons. The number of ether oxygens (including phenoxy) is 4. The molecule has 0 radical (unpaired) electrons. The monoisotopic (exact) mass is 279 g/mol. The van der Waals surface area contributed by atoms with Crippen LogP contribution >= 0.6 is 0 Å². The molecule has 20 heavy (non-hydrogen) atoms. The molecule has 2 aliphatic heterocycles. The van der Waals surface area contributed by atoms with Crippen molar-refractivity contribution in [1.29, 1.82) is 0 Å². The lowest BCUT2D eigenvalue weighted by atomic mass is 10.0. The summed E-state index contributed by atoms with van der Waals surface area (Å²) in [5, 5.41) is 0. The maximum Gasteiger partial charge on any atom is 0.231 e. The van der Waals surface area contributed by atoms with Gasteiger partial charge in [0.1, 0.15) is 11.9 Å². The molecule has 3 rings (SSSR count). The van der Waals surface area contributed by atoms with Gasteiger partial charge in [-0.25, -0.2) is 0 Å². The summed E-state index contributed by atoms with van der Waals surface area (Å²) < 4.78 is 22.3. The Hall–Kier alpha value is -1.46. The summed E-state index contributed by atoms with van der Waals surface area (Å²) in [6.07, 6.45) is 2.75. The topological polar surface area (TPSA) is 62.9 Å². The van der Waals surface area contributed by atoms with Crippen LogP contribution in [-0.4, -0.2) is 32.2 Å². The van der Waals surface area contributed by atoms with E-state index in [0.29, 0.717) is 6.61 Å². The van der Waals surface area contributed by atoms with Crippen molar-refractivity contribution in [2.24, 2.45) is 5.73 Å². The average molecular weight is 279 g/mol. The normalized spacial score (nSPS) is 22.0. The first kappa shape index (κ1) is 13.5. The smallest absolute Gasteiger partial charge is 0.231 e. The third-order valence-electron chi connectivity index (χ3n) is 3.74. The number of benzene rings is 1. The quantitative estimate of drug-likeness (QED) is 0.891. The summed E-state index contributed by atoms with van der Waals surface area (Å²) in [7, 11) is 0. The van der Waals surface area contributed by atoms with Crippen molar-refractivity contribution >= 4 is 0 Å². The molecule has 1 aromatic rings. The van der Waals surface area contributed by atoms with Crippen molar-refractivity contribution in [3.63, 3.8) is 0 Å². The summed E-state index contributed by atoms with van der Waals surface area (Å²) in [5.41, 5.74) is 7.15. The van der Waals surface area contributed by atoms with Crippen molar-refractivity contribution in [2.75, 3.05) is 20.0 Å². The van der Waals surface area contributed by atoms with Crippen LogP contribution in [0.25, 0.3) is 0 Å². The van der Waals surface area contributed by atoms with Gasteiger partial charge in [0.2, 0.25) is 6.79 Å². The molecule has 2 aliphatic rings. The highest BCUT2D eigenvalue weighted by atomic mass is 16.7. The number of nitrogens with two attached hydrogens (primary N) is 1. The van der Waals surface area contributed by atoms with Gasteiger partial charge in [-0.05, 0) is 24.5 Å². The van der Waals surface area contributed by atoms with Crippen molar-refractivity contribution in [2.45, 2.75) is 38.3 Å². The maximum atomic E-state index is 6.07. The first-order valence-corrected chi connectivity index (χ1v) is 7.18. The molecule has 0 aliphatic carbocycles. The van der Waals surface area contributed by atoms with Gasteiger partial charge < -0.3 is 24.7 Å². The largest absolute Gasteiger partial charge is 0.488 e. The Morgan fingerprint density at radius 2 is 2.15 bits per heavy atom. The molecule has 5 heteroatoms. The Balaban J connectivity index is 1.84. The van der Waals surface area contributed by atoms with Crippen LogP contribution in [0.5, 0.6) is 17.2 Å². The molecular formula is C15H21NO4. The Morgan fingerprint density at radius 3 is 2.85 bits per heavy atom. The molecule has 2 unspecified atom stereocenters. The Morgan fingerprint density at radius 1 is 1.35 bits per heavy atom. The van der Waals surface area contributed by atoms with Crippen LogP contribution < -0.4 is 19.9 Å². The fourth-order valence-electron chi connectivity index (χ4n) is 2.45. The highest BCUT2D eigenvalue weighted by Gasteiger charge is 2.23. The van der Waals surface area contributed by atoms with Crippen molar-refractivity contribution in [3.05, 3.63) is 17.7 Å². The number of hydrogen-bond donors (Lipinski definition) is 1. The van der Waals surface area contributed by atoms with Gasteiger partial charge in [-0.15, -0.1) is 0 Å². The van der Waals surface area contributed by atoms with E-state index in [9.17, 15) is 0 Å². The molecule has 1 aromatic carbocycles. The molecule has 2 atom stereocenters. The van der Waals surface area contributed by atoms with Gasteiger partial charge in [-0.3, -0.25) is 0 Å². The van der Waals surface area contributed by atoms with Crippen molar-refractivity contribution in [3.8, 4) is 17.2 Å². The number of fused-ring (bicyclic) bond motifs is 1. The number of rotatable bonds is 5. The molecule has 0 spiro atoms. The molecule has 0 aromatic heterocycles. The van der Waals surface area contributed by atoms with Gasteiger partial charge in [0.25, 0.3) is 0 Å². The highest BCUT2D eigenvalue weighted by molar-refractivity contribution is 5.52. The molecule has 0 amide bonds. The van der Waals surface area contributed by atoms with Crippen LogP contribution in [0.3, 0.4) is 0 Å². The summed E-state index contributed by atoms with van der Waals surface area (Å²) in [4.78, 5) is 0. The van der Waals surface area contributed by atoms with Crippen LogP contribution in [-0.2, 0) is 11.2 Å². The fourth-order valence-corrected chi connectivity index (χ4v) is 2.45. The van der Waals surface area contributed by atoms with E-state index in [4.69, 9.17) is 24.7 Å². The van der Waals surface area contributed by atoms with E-state index in [2.05, 4.69) is 6.92 Å². The summed E-state index contributed by atoms with van der Waals surface area (Å²) in [5.74, 6) is 2.36. The SMILES string of the molecule is CCC(N)Cc1cc2c(cc1OC1CCOC1)OCO2. The second-order valence-corrected chi connectivity index (χ2v) is 5.29. The molecule has 2 heterocycles. The lowest BCUT2D eigenvalue weighted by molar-refractivity contribution is 0.140. The first-order chi connectivity index (χ1) is 9.76. The third kappa shape index (κ3) is 2.83. The van der Waals surface area contributed by atoms with Crippen molar-refractivity contribution in [1.82, 2.24) is 0 Å². The Labute approximate surface area is 118 Å². The van der Waals surface area contributed by atoms with Crippen LogP contribution in [0, 0.1) is 0 Å². The summed E-state index contributed by atoms with van der Waals surface area (Å²) in [6.45, 7) is 3.76. The molecule has 0 saturated carbocycles. The summed E-state index contributed by atoms with van der Waals surface area (Å²) in [6, 6.07) is 4.03. The third-order valence-corrected chi connectivity index (χ3v) is 3.74. The van der Waals surface area contributed by atoms with Crippen LogP contribution in [0.4, 0.5) is 0 Å². The average Bonchev–Trinajstić information content (AvgIpc) is 3.10. The molecule has 5 nitrogen and oxygen atoms in total. The van der Waals surface area contributed by atoms with Gasteiger partial charge in [0.05, 0.1) is 13.2 Å². The van der Waals surface area contributed by atoms with Gasteiger partial charge in [-0.1, -0.05) is 6.92 Å². The minimum absolute atomic E-state index is 0.118. The lowest BCUT2D eigenvalue weighted by Gasteiger charge is -2.18. The van der Waals surface area contributed by atoms with Crippen LogP contribution in [0.2, 0.25) is 0 Å². The van der Waals surface area contributed by atoms with Gasteiger partial charge in [-0.2, -0.15) is 0 Å². The Bertz CT molecular complexity index is 471. The molecule has 0 bridgehead atoms. The van der Waals surface area contributed by atoms with E-state index < -0.39 is 0 Å². The maximum absolute atomic E-state index is 6.07. The highest BCUT2D eigenvalue weighted by Crippen LogP contribution is 2.39. The molecular weight excluding hydrogens is 258 g/mol. The molecule has 1 fully saturated rings. The number of hydrogen-bond acceptors (Lipinski definition) is 5. The summed E-state index contributed by atoms with van der Waals surface area (Å²) >= 11 is 0. The first-order valence-electron chi connectivity index (χ1n) is 7.18. The van der Waals surface area contributed by atoms with E-state index in [1.54, 1.807) is 0 Å². The molecule has 1 saturated heterocycles. The standard InChI is InChI=1S/C15H21NO4/c1-2-11(16)5-10-6-14-15(19-9-18-14)7-13(10)20-12-3-4-17-8-12/h6-7,11-12H,2-5,8-9,16H2,1H3. The van der Waals surface area contributed by atoms with Crippen LogP contribution in [0.1, 0.15) is 25.3 Å². The second-order valence-electron chi connectivity index (χ2n) is 5.29. The van der Waals surface area contributed by atoms with Gasteiger partial charge >= 0.3 is 0 Å². The van der Waals surface area contributed by atoms with Gasteiger partial charge in [0.15, 0.2) is 11.5 Å². The predicted octanol–water partition coefficient (Wildman–Crippen LogP) is 1.86. The Kier molecular flexibility index (Phi) is 3.98. The van der Waals surface area contributed by atoms with E-state index in [-0.39, 0.29) is 18.9 Å². The van der Waals surface area contributed by atoms with E-state index >= 15 is 0 Å². The zero-order chi connectivity index (χ0) is 13.9. The molecule has 2 N–H and O–H groups in total. The fraction of sp³-hybridized carbons (Fsp3) is 0.600. The minimum atomic E-state index is 0.118. The predicted molar refractivity (Wildman–Crippen MR) is 74.4 cm³/mol. The van der Waals surface area contributed by atoms with E-state index in [1.165, 1.54) is 0 Å². The lowest BCUT2D eigenvalue weighted by Crippen LogP contribution is -2.23. The minimum Gasteiger partial charge on any atom is -0.488 e. The van der Waals surface area contributed by atoms with Crippen LogP contribution in [0.15, 0.2) is 12.1 Å². The van der Waals surface area contributed by atoms with Gasteiger partial charge in [0, 0.05) is 18.5 Å². The zero-order valence-corrected chi connectivity index (χ0v) is 11.8. The van der Waals surface area contributed by atoms with E-state index in [0.717, 1.165) is 48.7 Å². The second kappa shape index (κ2) is 5.89. The van der Waals surface area contributed by atoms with Crippen molar-refractivity contribution < 1.29 is 18.9 Å². The zero-order valence-electron chi connectivity index (χ0n) is 11.8.